The number of fused-ring (bicyclic) bond motifs is 1. The van der Waals surface area contributed by atoms with Gasteiger partial charge in [0.25, 0.3) is 5.91 Å². The number of rotatable bonds is 16. The zero-order valence-electron chi connectivity index (χ0n) is 23.8. The Morgan fingerprint density at radius 3 is 2.52 bits per heavy atom. The number of unbranched alkanes of at least 4 members (excludes halogenated alkanes) is 4. The number of aldehydes is 1. The number of amides is 2. The Kier molecular flexibility index (Phi) is 11.1. The minimum absolute atomic E-state index is 0.165. The van der Waals surface area contributed by atoms with Gasteiger partial charge in [-0.2, -0.15) is 13.2 Å². The molecule has 2 amide bonds. The number of thioether (sulfide) groups is 1. The molecule has 2 aliphatic heterocycles. The quantitative estimate of drug-likeness (QED) is 0.153. The zero-order chi connectivity index (χ0) is 30.2. The molecule has 1 unspecified atom stereocenters. The summed E-state index contributed by atoms with van der Waals surface area (Å²) in [5, 5.41) is 5.88. The molecule has 0 saturated carbocycles. The number of benzene rings is 2. The van der Waals surface area contributed by atoms with Gasteiger partial charge in [-0.25, -0.2) is 0 Å². The molecule has 1 fully saturated rings. The van der Waals surface area contributed by atoms with Crippen molar-refractivity contribution >= 4 is 29.9 Å². The number of hydrogen-bond donors (Lipinski definition) is 2. The molecular formula is C31H38F3N3O4S. The van der Waals surface area contributed by atoms with Crippen molar-refractivity contribution in [2.75, 3.05) is 32.6 Å². The Morgan fingerprint density at radius 2 is 1.83 bits per heavy atom. The summed E-state index contributed by atoms with van der Waals surface area (Å²) in [5.74, 6) is 0.556. The average molecular weight is 606 g/mol. The van der Waals surface area contributed by atoms with E-state index in [4.69, 9.17) is 4.74 Å². The maximum Gasteiger partial charge on any atom is 0.416 e. The predicted octanol–water partition coefficient (Wildman–Crippen LogP) is 5.31. The van der Waals surface area contributed by atoms with Gasteiger partial charge in [-0.1, -0.05) is 43.5 Å². The number of carbonyl (C=O) groups is 3. The molecule has 0 radical (unpaired) electrons. The lowest BCUT2D eigenvalue weighted by molar-refractivity contribution is -0.142. The molecule has 0 aromatic heterocycles. The van der Waals surface area contributed by atoms with E-state index in [2.05, 4.69) is 10.6 Å². The molecule has 1 atom stereocenters. The molecule has 2 aromatic rings. The van der Waals surface area contributed by atoms with E-state index in [1.54, 1.807) is 41.9 Å². The normalized spacial score (nSPS) is 16.6. The smallest absolute Gasteiger partial charge is 0.377 e. The highest BCUT2D eigenvalue weighted by Crippen LogP contribution is 2.40. The number of alkyl halides is 3. The Morgan fingerprint density at radius 1 is 1.10 bits per heavy atom. The van der Waals surface area contributed by atoms with Gasteiger partial charge >= 0.3 is 6.18 Å². The van der Waals surface area contributed by atoms with Crippen molar-refractivity contribution in [3.63, 3.8) is 0 Å². The highest BCUT2D eigenvalue weighted by atomic mass is 32.2. The van der Waals surface area contributed by atoms with Gasteiger partial charge in [-0.15, -0.1) is 11.8 Å². The fourth-order valence-electron chi connectivity index (χ4n) is 5.50. The molecular weight excluding hydrogens is 567 g/mol. The highest BCUT2D eigenvalue weighted by Gasteiger charge is 2.46. The Labute approximate surface area is 248 Å². The standard InChI is InChI=1S/C31H38F3N3O4S/c1-35-28(39)15-14-22(19-38)37-18-24-23(29(37)40)10-9-13-27(24)42-17-8-4-2-3-7-16-36-30(20-41-21-30)25-11-5-6-12-26(25)31(32,33)34/h5-6,9-13,19,22,36H,2-4,7-8,14-18,20-21H2,1H3,(H,35,39). The number of carbonyl (C=O) groups excluding carboxylic acids is 3. The van der Waals surface area contributed by atoms with Crippen molar-refractivity contribution in [2.45, 2.75) is 74.1 Å². The summed E-state index contributed by atoms with van der Waals surface area (Å²) in [6, 6.07) is 10.7. The first kappa shape index (κ1) is 32.0. The summed E-state index contributed by atoms with van der Waals surface area (Å²) >= 11 is 1.70. The largest absolute Gasteiger partial charge is 0.416 e. The lowest BCUT2D eigenvalue weighted by Crippen LogP contribution is -2.58. The van der Waals surface area contributed by atoms with Crippen molar-refractivity contribution in [3.8, 4) is 0 Å². The van der Waals surface area contributed by atoms with Crippen LogP contribution in [0.25, 0.3) is 0 Å². The van der Waals surface area contributed by atoms with Gasteiger partial charge in [-0.3, -0.25) is 9.59 Å². The first-order valence-electron chi connectivity index (χ1n) is 14.4. The Hall–Kier alpha value is -2.89. The van der Waals surface area contributed by atoms with E-state index in [-0.39, 0.29) is 43.4 Å². The summed E-state index contributed by atoms with van der Waals surface area (Å²) in [4.78, 5) is 38.9. The van der Waals surface area contributed by atoms with Crippen LogP contribution in [-0.4, -0.2) is 61.6 Å². The molecule has 0 aliphatic carbocycles. The van der Waals surface area contributed by atoms with E-state index < -0.39 is 23.3 Å². The van der Waals surface area contributed by atoms with Gasteiger partial charge in [-0.05, 0) is 60.9 Å². The van der Waals surface area contributed by atoms with Crippen LogP contribution in [0.3, 0.4) is 0 Å². The van der Waals surface area contributed by atoms with Crippen molar-refractivity contribution in [3.05, 3.63) is 64.7 Å². The van der Waals surface area contributed by atoms with Crippen molar-refractivity contribution in [1.29, 1.82) is 0 Å². The maximum atomic E-state index is 13.5. The summed E-state index contributed by atoms with van der Waals surface area (Å²) < 4.78 is 45.9. The second-order valence-corrected chi connectivity index (χ2v) is 11.9. The fourth-order valence-corrected chi connectivity index (χ4v) is 6.60. The van der Waals surface area contributed by atoms with Gasteiger partial charge in [0.15, 0.2) is 0 Å². The van der Waals surface area contributed by atoms with Crippen LogP contribution in [0.2, 0.25) is 0 Å². The van der Waals surface area contributed by atoms with Crippen LogP contribution in [0.1, 0.15) is 72.0 Å². The van der Waals surface area contributed by atoms with Crippen LogP contribution in [0.5, 0.6) is 0 Å². The zero-order valence-corrected chi connectivity index (χ0v) is 24.6. The molecule has 2 aromatic carbocycles. The summed E-state index contributed by atoms with van der Waals surface area (Å²) in [6.45, 7) is 1.45. The van der Waals surface area contributed by atoms with Crippen molar-refractivity contribution in [1.82, 2.24) is 15.5 Å². The van der Waals surface area contributed by atoms with E-state index in [0.29, 0.717) is 18.7 Å². The van der Waals surface area contributed by atoms with Crippen LogP contribution >= 0.6 is 11.8 Å². The SMILES string of the molecule is CNC(=O)CCC(C=O)N1Cc2c(SCCCCCCCNC3(c4ccccc4C(F)(F)F)COC3)cccc2C1=O. The molecule has 0 bridgehead atoms. The van der Waals surface area contributed by atoms with E-state index >= 15 is 0 Å². The van der Waals surface area contributed by atoms with Gasteiger partial charge in [0.1, 0.15) is 6.29 Å². The van der Waals surface area contributed by atoms with E-state index in [9.17, 15) is 27.6 Å². The van der Waals surface area contributed by atoms with Crippen LogP contribution < -0.4 is 10.6 Å². The van der Waals surface area contributed by atoms with Gasteiger partial charge in [0.05, 0.1) is 30.4 Å². The summed E-state index contributed by atoms with van der Waals surface area (Å²) in [6.07, 6.45) is 1.71. The molecule has 0 spiro atoms. The van der Waals surface area contributed by atoms with Gasteiger partial charge in [0, 0.05) is 30.5 Å². The first-order valence-corrected chi connectivity index (χ1v) is 15.4. The number of halogens is 3. The van der Waals surface area contributed by atoms with Crippen molar-refractivity contribution in [2.24, 2.45) is 0 Å². The molecule has 2 N–H and O–H groups in total. The minimum Gasteiger partial charge on any atom is -0.377 e. The number of nitrogens with zero attached hydrogens (tertiary/aromatic N) is 1. The monoisotopic (exact) mass is 605 g/mol. The summed E-state index contributed by atoms with van der Waals surface area (Å²) in [7, 11) is 1.54. The molecule has 11 heteroatoms. The molecule has 2 aliphatic rings. The number of nitrogens with one attached hydrogen (secondary N) is 2. The van der Waals surface area contributed by atoms with Crippen LogP contribution in [-0.2, 0) is 32.6 Å². The Balaban J connectivity index is 1.17. The maximum absolute atomic E-state index is 13.5. The first-order chi connectivity index (χ1) is 20.2. The molecule has 2 heterocycles. The molecule has 42 heavy (non-hydrogen) atoms. The second kappa shape index (κ2) is 14.5. The van der Waals surface area contributed by atoms with Crippen LogP contribution in [0, 0.1) is 0 Å². The number of hydrogen-bond acceptors (Lipinski definition) is 6. The lowest BCUT2D eigenvalue weighted by atomic mass is 9.84. The minimum atomic E-state index is -4.40. The van der Waals surface area contributed by atoms with Crippen LogP contribution in [0.15, 0.2) is 47.4 Å². The molecule has 1 saturated heterocycles. The van der Waals surface area contributed by atoms with Gasteiger partial charge in [0.2, 0.25) is 5.91 Å². The van der Waals surface area contributed by atoms with Crippen LogP contribution in [0.4, 0.5) is 13.2 Å². The average Bonchev–Trinajstić information content (AvgIpc) is 3.29. The third-order valence-electron chi connectivity index (χ3n) is 7.94. The molecule has 7 nitrogen and oxygen atoms in total. The third kappa shape index (κ3) is 7.54. The molecule has 228 valence electrons. The summed E-state index contributed by atoms with van der Waals surface area (Å²) in [5.41, 5.74) is 0.414. The van der Waals surface area contributed by atoms with Gasteiger partial charge < -0.3 is 25.1 Å². The fraction of sp³-hybridized carbons (Fsp3) is 0.516. The van der Waals surface area contributed by atoms with E-state index in [1.807, 2.05) is 12.1 Å². The predicted molar refractivity (Wildman–Crippen MR) is 155 cm³/mol. The number of ether oxygens (including phenoxy) is 1. The lowest BCUT2D eigenvalue weighted by Gasteiger charge is -2.44. The molecule has 4 rings (SSSR count). The van der Waals surface area contributed by atoms with E-state index in [1.165, 1.54) is 6.07 Å². The van der Waals surface area contributed by atoms with E-state index in [0.717, 1.165) is 60.7 Å². The van der Waals surface area contributed by atoms with Crippen molar-refractivity contribution < 1.29 is 32.3 Å². The Bertz CT molecular complexity index is 1250. The third-order valence-corrected chi connectivity index (χ3v) is 9.13. The highest BCUT2D eigenvalue weighted by molar-refractivity contribution is 7.99. The topological polar surface area (TPSA) is 87.7 Å². The second-order valence-electron chi connectivity index (χ2n) is 10.8.